The molecule has 0 bridgehead atoms. The van der Waals surface area contributed by atoms with E-state index in [4.69, 9.17) is 9.47 Å². The Morgan fingerprint density at radius 1 is 1.06 bits per heavy atom. The number of rotatable bonds is 6. The maximum atomic E-state index is 13.3. The second-order valence-electron chi connectivity index (χ2n) is 7.98. The highest BCUT2D eigenvalue weighted by Crippen LogP contribution is 2.29. The second-order valence-corrected chi connectivity index (χ2v) is 7.98. The van der Waals surface area contributed by atoms with Crippen molar-refractivity contribution in [3.8, 4) is 11.5 Å². The van der Waals surface area contributed by atoms with Crippen molar-refractivity contribution in [3.63, 3.8) is 0 Å². The third-order valence-corrected chi connectivity index (χ3v) is 6.09. The quantitative estimate of drug-likeness (QED) is 0.650. The van der Waals surface area contributed by atoms with Crippen molar-refractivity contribution in [3.05, 3.63) is 70.1 Å². The normalized spacial score (nSPS) is 16.3. The van der Waals surface area contributed by atoms with Gasteiger partial charge in [0, 0.05) is 18.0 Å². The predicted octanol–water partition coefficient (Wildman–Crippen LogP) is 4.17. The number of piperidine rings is 1. The summed E-state index contributed by atoms with van der Waals surface area (Å²) in [6.07, 6.45) is 4.75. The molecule has 3 aromatic rings. The number of fused-ring (bicyclic) bond motifs is 1. The van der Waals surface area contributed by atoms with E-state index in [1.807, 2.05) is 41.3 Å². The van der Waals surface area contributed by atoms with E-state index in [0.29, 0.717) is 29.1 Å². The topological polar surface area (TPSA) is 71.6 Å². The number of benzene rings is 2. The second kappa shape index (κ2) is 9.25. The largest absolute Gasteiger partial charge is 0.493 e. The Kier molecular flexibility index (Phi) is 6.26. The molecular weight excluding hydrogens is 392 g/mol. The first-order valence-electron chi connectivity index (χ1n) is 10.7. The number of carbonyl (C=O) groups is 1. The van der Waals surface area contributed by atoms with Gasteiger partial charge >= 0.3 is 0 Å². The van der Waals surface area contributed by atoms with Crippen LogP contribution in [-0.2, 0) is 6.42 Å². The number of H-pyrrole nitrogens is 1. The van der Waals surface area contributed by atoms with Gasteiger partial charge in [-0.15, -0.1) is 0 Å². The zero-order chi connectivity index (χ0) is 21.8. The lowest BCUT2D eigenvalue weighted by atomic mass is 9.95. The summed E-state index contributed by atoms with van der Waals surface area (Å²) >= 11 is 0. The van der Waals surface area contributed by atoms with Gasteiger partial charge in [0.2, 0.25) is 0 Å². The minimum atomic E-state index is -0.222. The number of ether oxygens (including phenoxy) is 2. The van der Waals surface area contributed by atoms with Crippen LogP contribution < -0.4 is 15.0 Å². The molecule has 1 fully saturated rings. The van der Waals surface area contributed by atoms with Crippen molar-refractivity contribution in [2.24, 2.45) is 0 Å². The Balaban J connectivity index is 1.52. The van der Waals surface area contributed by atoms with Gasteiger partial charge in [-0.1, -0.05) is 24.3 Å². The van der Waals surface area contributed by atoms with E-state index in [9.17, 15) is 9.59 Å². The van der Waals surface area contributed by atoms with Crippen LogP contribution in [0, 0.1) is 0 Å². The molecule has 0 spiro atoms. The molecular formula is C25H28N2O4. The third kappa shape index (κ3) is 4.43. The number of nitrogens with zero attached hydrogens (tertiary/aromatic N) is 1. The molecule has 31 heavy (non-hydrogen) atoms. The number of amides is 1. The minimum Gasteiger partial charge on any atom is -0.493 e. The average molecular weight is 421 g/mol. The van der Waals surface area contributed by atoms with Crippen LogP contribution in [0.3, 0.4) is 0 Å². The van der Waals surface area contributed by atoms with Crippen LogP contribution in [0.15, 0.2) is 53.3 Å². The summed E-state index contributed by atoms with van der Waals surface area (Å²) < 4.78 is 10.7. The average Bonchev–Trinajstić information content (AvgIpc) is 2.82. The van der Waals surface area contributed by atoms with E-state index in [2.05, 4.69) is 4.98 Å². The highest BCUT2D eigenvalue weighted by atomic mass is 16.5. The van der Waals surface area contributed by atoms with Gasteiger partial charge < -0.3 is 19.4 Å². The van der Waals surface area contributed by atoms with Crippen molar-refractivity contribution < 1.29 is 14.3 Å². The van der Waals surface area contributed by atoms with Crippen LogP contribution in [0.5, 0.6) is 11.5 Å². The lowest BCUT2D eigenvalue weighted by Crippen LogP contribution is -2.44. The van der Waals surface area contributed by atoms with Crippen LogP contribution in [0.4, 0.5) is 0 Å². The Hall–Kier alpha value is -3.28. The molecule has 6 nitrogen and oxygen atoms in total. The number of nitrogens with one attached hydrogen (secondary N) is 1. The van der Waals surface area contributed by atoms with Gasteiger partial charge in [0.15, 0.2) is 11.5 Å². The van der Waals surface area contributed by atoms with Crippen LogP contribution in [-0.4, -0.2) is 42.6 Å². The molecule has 2 aromatic carbocycles. The number of hydrogen-bond donors (Lipinski definition) is 1. The Labute approximate surface area is 181 Å². The predicted molar refractivity (Wildman–Crippen MR) is 121 cm³/mol. The van der Waals surface area contributed by atoms with Crippen molar-refractivity contribution in [2.45, 2.75) is 38.1 Å². The van der Waals surface area contributed by atoms with E-state index in [1.165, 1.54) is 0 Å². The third-order valence-electron chi connectivity index (χ3n) is 6.09. The molecule has 1 aromatic heterocycles. The Morgan fingerprint density at radius 3 is 2.68 bits per heavy atom. The van der Waals surface area contributed by atoms with Gasteiger partial charge in [0.05, 0.1) is 14.2 Å². The van der Waals surface area contributed by atoms with Gasteiger partial charge in [-0.3, -0.25) is 9.59 Å². The van der Waals surface area contributed by atoms with Crippen molar-refractivity contribution >= 4 is 16.7 Å². The lowest BCUT2D eigenvalue weighted by molar-refractivity contribution is 0.0595. The van der Waals surface area contributed by atoms with Crippen LogP contribution in [0.25, 0.3) is 10.8 Å². The standard InChI is InChI=1S/C25H28N2O4/c1-30-22-13-11-17(15-23(22)31-2)10-12-19-8-5-6-14-27(19)25(29)21-16-18-7-3-4-9-20(18)24(28)26-21/h3-4,7,9,11,13,15-16,19H,5-6,8,10,12,14H2,1-2H3,(H,26,28). The van der Waals surface area contributed by atoms with Gasteiger partial charge in [0.1, 0.15) is 5.69 Å². The van der Waals surface area contributed by atoms with E-state index >= 15 is 0 Å². The summed E-state index contributed by atoms with van der Waals surface area (Å²) in [4.78, 5) is 30.5. The summed E-state index contributed by atoms with van der Waals surface area (Å²) in [7, 11) is 3.26. The zero-order valence-electron chi connectivity index (χ0n) is 18.0. The summed E-state index contributed by atoms with van der Waals surface area (Å²) in [5, 5.41) is 1.39. The molecule has 1 N–H and O–H groups in total. The number of aromatic nitrogens is 1. The van der Waals surface area contributed by atoms with Gasteiger partial charge in [-0.05, 0) is 67.3 Å². The Morgan fingerprint density at radius 2 is 1.87 bits per heavy atom. The number of hydrogen-bond acceptors (Lipinski definition) is 4. The van der Waals surface area contributed by atoms with Crippen molar-refractivity contribution in [1.82, 2.24) is 9.88 Å². The maximum absolute atomic E-state index is 13.3. The van der Waals surface area contributed by atoms with Gasteiger partial charge in [0.25, 0.3) is 11.5 Å². The van der Waals surface area contributed by atoms with Gasteiger partial charge in [-0.2, -0.15) is 0 Å². The van der Waals surface area contributed by atoms with E-state index in [1.54, 1.807) is 26.4 Å². The molecule has 0 aliphatic carbocycles. The molecule has 0 radical (unpaired) electrons. The lowest BCUT2D eigenvalue weighted by Gasteiger charge is -2.36. The number of aryl methyl sites for hydroxylation is 1. The molecule has 0 saturated carbocycles. The highest BCUT2D eigenvalue weighted by Gasteiger charge is 2.28. The highest BCUT2D eigenvalue weighted by molar-refractivity contribution is 5.96. The molecule has 2 heterocycles. The van der Waals surface area contributed by atoms with Crippen molar-refractivity contribution in [2.75, 3.05) is 20.8 Å². The molecule has 1 atom stereocenters. The number of pyridine rings is 1. The fourth-order valence-electron chi connectivity index (χ4n) is 4.42. The molecule has 6 heteroatoms. The van der Waals surface area contributed by atoms with E-state index in [0.717, 1.165) is 43.1 Å². The molecule has 1 unspecified atom stereocenters. The fraction of sp³-hybridized carbons (Fsp3) is 0.360. The smallest absolute Gasteiger partial charge is 0.270 e. The first-order valence-corrected chi connectivity index (χ1v) is 10.7. The molecule has 4 rings (SSSR count). The molecule has 1 saturated heterocycles. The minimum absolute atomic E-state index is 0.0973. The summed E-state index contributed by atoms with van der Waals surface area (Å²) in [6, 6.07) is 15.2. The van der Waals surface area contributed by atoms with E-state index in [-0.39, 0.29) is 17.5 Å². The van der Waals surface area contributed by atoms with Crippen LogP contribution >= 0.6 is 0 Å². The fourth-order valence-corrected chi connectivity index (χ4v) is 4.42. The molecule has 1 amide bonds. The number of methoxy groups -OCH3 is 2. The summed E-state index contributed by atoms with van der Waals surface area (Å²) in [5.41, 5.74) is 1.29. The summed E-state index contributed by atoms with van der Waals surface area (Å²) in [5.74, 6) is 1.33. The first kappa shape index (κ1) is 21.0. The Bertz CT molecular complexity index is 1140. The monoisotopic (exact) mass is 420 g/mol. The number of carbonyl (C=O) groups excluding carboxylic acids is 1. The zero-order valence-corrected chi connectivity index (χ0v) is 18.0. The summed E-state index contributed by atoms with van der Waals surface area (Å²) in [6.45, 7) is 0.713. The SMILES string of the molecule is COc1ccc(CCC2CCCCN2C(=O)c2cc3ccccc3c(=O)[nH]2)cc1OC. The van der Waals surface area contributed by atoms with Crippen LogP contribution in [0.2, 0.25) is 0 Å². The molecule has 1 aliphatic heterocycles. The first-order chi connectivity index (χ1) is 15.1. The molecule has 162 valence electrons. The van der Waals surface area contributed by atoms with Crippen molar-refractivity contribution in [1.29, 1.82) is 0 Å². The number of aromatic amines is 1. The number of likely N-dealkylation sites (tertiary alicyclic amines) is 1. The van der Waals surface area contributed by atoms with Gasteiger partial charge in [-0.25, -0.2) is 0 Å². The molecule has 1 aliphatic rings. The van der Waals surface area contributed by atoms with Crippen LogP contribution in [0.1, 0.15) is 41.7 Å². The maximum Gasteiger partial charge on any atom is 0.270 e. The van der Waals surface area contributed by atoms with E-state index < -0.39 is 0 Å².